The van der Waals surface area contributed by atoms with E-state index in [0.717, 1.165) is 51.0 Å². The summed E-state index contributed by atoms with van der Waals surface area (Å²) in [5.74, 6) is -0.443. The quantitative estimate of drug-likeness (QED) is 0.771. The first-order valence-electron chi connectivity index (χ1n) is 8.59. The summed E-state index contributed by atoms with van der Waals surface area (Å²) in [6, 6.07) is 13.4. The first kappa shape index (κ1) is 18.0. The molecular weight excluding hydrogens is 339 g/mol. The Morgan fingerprint density at radius 3 is 2.48 bits per heavy atom. The number of rotatable bonds is 7. The highest BCUT2D eigenvalue weighted by Gasteiger charge is 2.16. The third-order valence-corrected chi connectivity index (χ3v) is 6.00. The molecule has 0 fully saturated rings. The molecule has 0 aromatic heterocycles. The maximum absolute atomic E-state index is 12.9. The van der Waals surface area contributed by atoms with Crippen LogP contribution in [0, 0.1) is 5.82 Å². The number of hydrogen-bond donors (Lipinski definition) is 1. The van der Waals surface area contributed by atoms with Crippen LogP contribution in [0.15, 0.2) is 53.4 Å². The lowest BCUT2D eigenvalue weighted by molar-refractivity contribution is 0.249. The van der Waals surface area contributed by atoms with Gasteiger partial charge in [-0.3, -0.25) is 4.90 Å². The molecule has 0 saturated heterocycles. The highest BCUT2D eigenvalue weighted by atomic mass is 32.2. The number of sulfonamides is 1. The zero-order valence-corrected chi connectivity index (χ0v) is 14.9. The van der Waals surface area contributed by atoms with Crippen molar-refractivity contribution < 1.29 is 12.8 Å². The van der Waals surface area contributed by atoms with E-state index in [2.05, 4.69) is 33.9 Å². The van der Waals surface area contributed by atoms with Crippen molar-refractivity contribution in [1.82, 2.24) is 9.62 Å². The van der Waals surface area contributed by atoms with Crippen LogP contribution in [0.1, 0.15) is 24.0 Å². The molecule has 2 aromatic rings. The monoisotopic (exact) mass is 362 g/mol. The van der Waals surface area contributed by atoms with Gasteiger partial charge in [0.05, 0.1) is 4.90 Å². The lowest BCUT2D eigenvalue weighted by Crippen LogP contribution is -2.32. The highest BCUT2D eigenvalue weighted by molar-refractivity contribution is 7.89. The molecule has 0 aliphatic carbocycles. The van der Waals surface area contributed by atoms with Crippen LogP contribution < -0.4 is 4.72 Å². The Morgan fingerprint density at radius 1 is 1.00 bits per heavy atom. The van der Waals surface area contributed by atoms with Crippen molar-refractivity contribution in [2.24, 2.45) is 0 Å². The summed E-state index contributed by atoms with van der Waals surface area (Å²) in [7, 11) is -3.55. The average Bonchev–Trinajstić information content (AvgIpc) is 2.61. The van der Waals surface area contributed by atoms with Gasteiger partial charge in [-0.1, -0.05) is 24.3 Å². The predicted molar refractivity (Wildman–Crippen MR) is 96.2 cm³/mol. The fourth-order valence-electron chi connectivity index (χ4n) is 3.11. The van der Waals surface area contributed by atoms with Crippen molar-refractivity contribution >= 4 is 10.0 Å². The van der Waals surface area contributed by atoms with Crippen LogP contribution in [-0.2, 0) is 23.0 Å². The molecule has 0 amide bonds. The van der Waals surface area contributed by atoms with Crippen LogP contribution in [0.25, 0.3) is 0 Å². The highest BCUT2D eigenvalue weighted by Crippen LogP contribution is 2.18. The summed E-state index contributed by atoms with van der Waals surface area (Å²) >= 11 is 0. The molecule has 0 bridgehead atoms. The SMILES string of the molecule is O=S(=O)(NCCCCN1CCc2ccccc2C1)c1ccc(F)cc1. The number of benzene rings is 2. The van der Waals surface area contributed by atoms with Gasteiger partial charge in [0, 0.05) is 19.6 Å². The first-order valence-corrected chi connectivity index (χ1v) is 10.1. The van der Waals surface area contributed by atoms with Crippen LogP contribution in [0.5, 0.6) is 0 Å². The van der Waals surface area contributed by atoms with Gasteiger partial charge in [0.25, 0.3) is 0 Å². The van der Waals surface area contributed by atoms with Crippen LogP contribution in [0.4, 0.5) is 4.39 Å². The molecule has 0 spiro atoms. The van der Waals surface area contributed by atoms with E-state index in [1.807, 2.05) is 0 Å². The Hall–Kier alpha value is -1.76. The summed E-state index contributed by atoms with van der Waals surface area (Å²) in [6.45, 7) is 3.38. The second-order valence-corrected chi connectivity index (χ2v) is 8.12. The molecule has 1 aliphatic heterocycles. The van der Waals surface area contributed by atoms with Crippen LogP contribution in [0.3, 0.4) is 0 Å². The molecular formula is C19H23FN2O2S. The first-order chi connectivity index (χ1) is 12.0. The van der Waals surface area contributed by atoms with E-state index < -0.39 is 15.8 Å². The van der Waals surface area contributed by atoms with Gasteiger partial charge >= 0.3 is 0 Å². The van der Waals surface area contributed by atoms with Gasteiger partial charge in [-0.15, -0.1) is 0 Å². The summed E-state index contributed by atoms with van der Waals surface area (Å²) in [5.41, 5.74) is 2.83. The Labute approximate surface area is 148 Å². The molecule has 4 nitrogen and oxygen atoms in total. The van der Waals surface area contributed by atoms with Gasteiger partial charge in [-0.25, -0.2) is 17.5 Å². The van der Waals surface area contributed by atoms with Crippen molar-refractivity contribution in [3.8, 4) is 0 Å². The Kier molecular flexibility index (Phi) is 5.83. The average molecular weight is 362 g/mol. The third-order valence-electron chi connectivity index (χ3n) is 4.53. The molecule has 134 valence electrons. The van der Waals surface area contributed by atoms with Gasteiger partial charge in [0.1, 0.15) is 5.82 Å². The number of fused-ring (bicyclic) bond motifs is 1. The van der Waals surface area contributed by atoms with E-state index in [4.69, 9.17) is 0 Å². The number of nitrogens with zero attached hydrogens (tertiary/aromatic N) is 1. The smallest absolute Gasteiger partial charge is 0.240 e. The Balaban J connectivity index is 1.40. The standard InChI is InChI=1S/C19H23FN2O2S/c20-18-7-9-19(10-8-18)25(23,24)21-12-3-4-13-22-14-11-16-5-1-2-6-17(16)15-22/h1-2,5-10,21H,3-4,11-15H2. The molecule has 2 aromatic carbocycles. The van der Waals surface area contributed by atoms with E-state index in [1.54, 1.807) is 0 Å². The van der Waals surface area contributed by atoms with E-state index in [-0.39, 0.29) is 4.90 Å². The maximum atomic E-state index is 12.9. The molecule has 0 atom stereocenters. The topological polar surface area (TPSA) is 49.4 Å². The van der Waals surface area contributed by atoms with E-state index in [1.165, 1.54) is 23.3 Å². The fourth-order valence-corrected chi connectivity index (χ4v) is 4.18. The van der Waals surface area contributed by atoms with Gasteiger partial charge in [-0.2, -0.15) is 0 Å². The van der Waals surface area contributed by atoms with Crippen molar-refractivity contribution in [2.45, 2.75) is 30.7 Å². The van der Waals surface area contributed by atoms with Crippen molar-refractivity contribution in [3.05, 3.63) is 65.5 Å². The van der Waals surface area contributed by atoms with Gasteiger partial charge in [-0.05, 0) is 61.2 Å². The normalized spacial score (nSPS) is 15.1. The number of nitrogens with one attached hydrogen (secondary N) is 1. The van der Waals surface area contributed by atoms with Crippen LogP contribution >= 0.6 is 0 Å². The molecule has 6 heteroatoms. The van der Waals surface area contributed by atoms with Crippen LogP contribution in [0.2, 0.25) is 0 Å². The molecule has 0 radical (unpaired) electrons. The predicted octanol–water partition coefficient (Wildman–Crippen LogP) is 2.94. The lowest BCUT2D eigenvalue weighted by atomic mass is 10.00. The van der Waals surface area contributed by atoms with Crippen LogP contribution in [-0.4, -0.2) is 33.0 Å². The molecule has 1 N–H and O–H groups in total. The lowest BCUT2D eigenvalue weighted by Gasteiger charge is -2.28. The van der Waals surface area contributed by atoms with E-state index >= 15 is 0 Å². The minimum Gasteiger partial charge on any atom is -0.299 e. The summed E-state index contributed by atoms with van der Waals surface area (Å²) in [6.07, 6.45) is 2.79. The van der Waals surface area contributed by atoms with Gasteiger partial charge in [0.15, 0.2) is 0 Å². The third kappa shape index (κ3) is 4.87. The molecule has 25 heavy (non-hydrogen) atoms. The molecule has 0 saturated carbocycles. The second-order valence-electron chi connectivity index (χ2n) is 6.35. The summed E-state index contributed by atoms with van der Waals surface area (Å²) in [5, 5.41) is 0. The van der Waals surface area contributed by atoms with E-state index in [0.29, 0.717) is 6.54 Å². The van der Waals surface area contributed by atoms with E-state index in [9.17, 15) is 12.8 Å². The zero-order valence-electron chi connectivity index (χ0n) is 14.1. The number of hydrogen-bond acceptors (Lipinski definition) is 3. The molecule has 1 aliphatic rings. The fraction of sp³-hybridized carbons (Fsp3) is 0.368. The van der Waals surface area contributed by atoms with Gasteiger partial charge < -0.3 is 0 Å². The number of halogens is 1. The number of unbranched alkanes of at least 4 members (excludes halogenated alkanes) is 1. The minimum atomic E-state index is -3.55. The van der Waals surface area contributed by atoms with Crippen molar-refractivity contribution in [3.63, 3.8) is 0 Å². The van der Waals surface area contributed by atoms with Crippen molar-refractivity contribution in [1.29, 1.82) is 0 Å². The van der Waals surface area contributed by atoms with Gasteiger partial charge in [0.2, 0.25) is 10.0 Å². The van der Waals surface area contributed by atoms with Crippen molar-refractivity contribution in [2.75, 3.05) is 19.6 Å². The zero-order chi connectivity index (χ0) is 17.7. The Morgan fingerprint density at radius 2 is 1.72 bits per heavy atom. The molecule has 3 rings (SSSR count). The maximum Gasteiger partial charge on any atom is 0.240 e. The second kappa shape index (κ2) is 8.08. The largest absolute Gasteiger partial charge is 0.299 e. The summed E-state index contributed by atoms with van der Waals surface area (Å²) < 4.78 is 39.7. The minimum absolute atomic E-state index is 0.0986. The summed E-state index contributed by atoms with van der Waals surface area (Å²) in [4.78, 5) is 2.51. The Bertz CT molecular complexity index is 806. The molecule has 0 unspecified atom stereocenters. The molecule has 1 heterocycles.